The standard InChI is InChI=1S/C14H20BrNO/c1-9-6-12(15)7-10(2)14(9)16-13(8-17-3)11-4-5-11/h6-7,11,13,16H,4-5,8H2,1-3H3. The Morgan fingerprint density at radius 3 is 2.41 bits per heavy atom. The molecule has 0 spiro atoms. The van der Waals surface area contributed by atoms with Gasteiger partial charge in [-0.2, -0.15) is 0 Å². The summed E-state index contributed by atoms with van der Waals surface area (Å²) in [4.78, 5) is 0. The first-order valence-corrected chi connectivity index (χ1v) is 6.93. The SMILES string of the molecule is COCC(Nc1c(C)cc(Br)cc1C)C1CC1. The van der Waals surface area contributed by atoms with E-state index in [2.05, 4.69) is 47.2 Å². The lowest BCUT2D eigenvalue weighted by atomic mass is 10.1. The van der Waals surface area contributed by atoms with E-state index in [1.165, 1.54) is 29.7 Å². The zero-order valence-electron chi connectivity index (χ0n) is 10.7. The van der Waals surface area contributed by atoms with Gasteiger partial charge in [0.15, 0.2) is 0 Å². The van der Waals surface area contributed by atoms with Crippen LogP contribution in [-0.2, 0) is 4.74 Å². The van der Waals surface area contributed by atoms with Crippen LogP contribution >= 0.6 is 15.9 Å². The average molecular weight is 298 g/mol. The summed E-state index contributed by atoms with van der Waals surface area (Å²) in [5, 5.41) is 3.66. The highest BCUT2D eigenvalue weighted by atomic mass is 79.9. The number of methoxy groups -OCH3 is 1. The van der Waals surface area contributed by atoms with Crippen molar-refractivity contribution in [1.82, 2.24) is 0 Å². The fraction of sp³-hybridized carbons (Fsp3) is 0.571. The van der Waals surface area contributed by atoms with Crippen molar-refractivity contribution in [1.29, 1.82) is 0 Å². The molecule has 0 saturated heterocycles. The van der Waals surface area contributed by atoms with Gasteiger partial charge in [0.25, 0.3) is 0 Å². The third kappa shape index (κ3) is 3.23. The first-order chi connectivity index (χ1) is 8.11. The molecule has 17 heavy (non-hydrogen) atoms. The molecule has 94 valence electrons. The van der Waals surface area contributed by atoms with E-state index in [4.69, 9.17) is 4.74 Å². The van der Waals surface area contributed by atoms with Crippen LogP contribution in [0.2, 0.25) is 0 Å². The number of rotatable bonds is 5. The molecular weight excluding hydrogens is 278 g/mol. The van der Waals surface area contributed by atoms with Crippen LogP contribution in [0.1, 0.15) is 24.0 Å². The maximum atomic E-state index is 5.31. The fourth-order valence-electron chi connectivity index (χ4n) is 2.30. The molecule has 0 amide bonds. The van der Waals surface area contributed by atoms with Crippen molar-refractivity contribution in [2.45, 2.75) is 32.7 Å². The molecule has 0 heterocycles. The largest absolute Gasteiger partial charge is 0.383 e. The quantitative estimate of drug-likeness (QED) is 0.890. The van der Waals surface area contributed by atoms with Crippen molar-refractivity contribution >= 4 is 21.6 Å². The molecular formula is C14H20BrNO. The number of nitrogens with one attached hydrogen (secondary N) is 1. The van der Waals surface area contributed by atoms with Crippen molar-refractivity contribution in [2.24, 2.45) is 5.92 Å². The lowest BCUT2D eigenvalue weighted by Crippen LogP contribution is -2.27. The summed E-state index contributed by atoms with van der Waals surface area (Å²) in [6.07, 6.45) is 2.66. The first kappa shape index (κ1) is 12.9. The van der Waals surface area contributed by atoms with Gasteiger partial charge >= 0.3 is 0 Å². The molecule has 1 aliphatic rings. The monoisotopic (exact) mass is 297 g/mol. The van der Waals surface area contributed by atoms with Crippen LogP contribution in [0.25, 0.3) is 0 Å². The van der Waals surface area contributed by atoms with Gasteiger partial charge in [0.1, 0.15) is 0 Å². The molecule has 1 aliphatic carbocycles. The van der Waals surface area contributed by atoms with Gasteiger partial charge in [0, 0.05) is 17.3 Å². The molecule has 1 N–H and O–H groups in total. The molecule has 0 bridgehead atoms. The zero-order valence-corrected chi connectivity index (χ0v) is 12.3. The maximum absolute atomic E-state index is 5.31. The number of hydrogen-bond acceptors (Lipinski definition) is 2. The number of halogens is 1. The van der Waals surface area contributed by atoms with Gasteiger partial charge in [-0.05, 0) is 55.9 Å². The summed E-state index contributed by atoms with van der Waals surface area (Å²) in [5.41, 5.74) is 3.85. The fourth-order valence-corrected chi connectivity index (χ4v) is 2.98. The Balaban J connectivity index is 2.16. The molecule has 1 aromatic rings. The van der Waals surface area contributed by atoms with Crippen molar-refractivity contribution in [2.75, 3.05) is 19.0 Å². The molecule has 2 nitrogen and oxygen atoms in total. The van der Waals surface area contributed by atoms with E-state index in [0.717, 1.165) is 17.0 Å². The van der Waals surface area contributed by atoms with Crippen LogP contribution in [0.3, 0.4) is 0 Å². The van der Waals surface area contributed by atoms with Crippen molar-refractivity contribution in [3.8, 4) is 0 Å². The maximum Gasteiger partial charge on any atom is 0.0666 e. The number of hydrogen-bond donors (Lipinski definition) is 1. The second kappa shape index (κ2) is 5.40. The normalized spacial score (nSPS) is 16.9. The van der Waals surface area contributed by atoms with Crippen LogP contribution in [0, 0.1) is 19.8 Å². The number of benzene rings is 1. The minimum absolute atomic E-state index is 0.457. The van der Waals surface area contributed by atoms with Gasteiger partial charge in [-0.15, -0.1) is 0 Å². The Bertz CT molecular complexity index is 378. The molecule has 0 aromatic heterocycles. The van der Waals surface area contributed by atoms with E-state index in [0.29, 0.717) is 6.04 Å². The van der Waals surface area contributed by atoms with Crippen LogP contribution in [0.15, 0.2) is 16.6 Å². The molecule has 1 aromatic carbocycles. The predicted octanol–water partition coefficient (Wildman–Crippen LogP) is 3.90. The lowest BCUT2D eigenvalue weighted by molar-refractivity contribution is 0.179. The van der Waals surface area contributed by atoms with Crippen LogP contribution in [-0.4, -0.2) is 19.8 Å². The van der Waals surface area contributed by atoms with Crippen molar-refractivity contribution in [3.63, 3.8) is 0 Å². The van der Waals surface area contributed by atoms with Crippen molar-refractivity contribution < 1.29 is 4.74 Å². The van der Waals surface area contributed by atoms with Gasteiger partial charge in [-0.25, -0.2) is 0 Å². The summed E-state index contributed by atoms with van der Waals surface area (Å²) in [6.45, 7) is 5.09. The number of anilines is 1. The summed E-state index contributed by atoms with van der Waals surface area (Å²) in [5.74, 6) is 0.789. The van der Waals surface area contributed by atoms with E-state index in [1.807, 2.05) is 0 Å². The highest BCUT2D eigenvalue weighted by Crippen LogP contribution is 2.36. The van der Waals surface area contributed by atoms with Crippen LogP contribution in [0.4, 0.5) is 5.69 Å². The minimum atomic E-state index is 0.457. The molecule has 1 unspecified atom stereocenters. The predicted molar refractivity (Wildman–Crippen MR) is 75.6 cm³/mol. The summed E-state index contributed by atoms with van der Waals surface area (Å²) in [6, 6.07) is 4.77. The number of aryl methyl sites for hydroxylation is 2. The topological polar surface area (TPSA) is 21.3 Å². The number of ether oxygens (including phenoxy) is 1. The summed E-state index contributed by atoms with van der Waals surface area (Å²) in [7, 11) is 1.78. The highest BCUT2D eigenvalue weighted by Gasteiger charge is 2.31. The molecule has 1 fully saturated rings. The Morgan fingerprint density at radius 2 is 1.94 bits per heavy atom. The Hall–Kier alpha value is -0.540. The van der Waals surface area contributed by atoms with Gasteiger partial charge in [0.05, 0.1) is 12.6 Å². The second-order valence-electron chi connectivity index (χ2n) is 4.96. The smallest absolute Gasteiger partial charge is 0.0666 e. The zero-order chi connectivity index (χ0) is 12.4. The minimum Gasteiger partial charge on any atom is -0.383 e. The van der Waals surface area contributed by atoms with Gasteiger partial charge in [-0.3, -0.25) is 0 Å². The second-order valence-corrected chi connectivity index (χ2v) is 5.87. The van der Waals surface area contributed by atoms with Gasteiger partial charge in [0.2, 0.25) is 0 Å². The van der Waals surface area contributed by atoms with Crippen LogP contribution in [0.5, 0.6) is 0 Å². The van der Waals surface area contributed by atoms with Crippen LogP contribution < -0.4 is 5.32 Å². The van der Waals surface area contributed by atoms with E-state index in [1.54, 1.807) is 7.11 Å². The molecule has 3 heteroatoms. The highest BCUT2D eigenvalue weighted by molar-refractivity contribution is 9.10. The van der Waals surface area contributed by atoms with E-state index < -0.39 is 0 Å². The lowest BCUT2D eigenvalue weighted by Gasteiger charge is -2.22. The Labute approximate surface area is 112 Å². The third-order valence-corrected chi connectivity index (χ3v) is 3.82. The molecule has 2 rings (SSSR count). The van der Waals surface area contributed by atoms with Crippen molar-refractivity contribution in [3.05, 3.63) is 27.7 Å². The van der Waals surface area contributed by atoms with E-state index >= 15 is 0 Å². The van der Waals surface area contributed by atoms with Gasteiger partial charge < -0.3 is 10.1 Å². The molecule has 0 radical (unpaired) electrons. The average Bonchev–Trinajstić information content (AvgIpc) is 3.05. The Kier molecular flexibility index (Phi) is 4.10. The first-order valence-electron chi connectivity index (χ1n) is 6.14. The molecule has 1 saturated carbocycles. The molecule has 0 aliphatic heterocycles. The third-order valence-electron chi connectivity index (χ3n) is 3.36. The Morgan fingerprint density at radius 1 is 1.35 bits per heavy atom. The summed E-state index contributed by atoms with van der Waals surface area (Å²) >= 11 is 3.53. The van der Waals surface area contributed by atoms with Gasteiger partial charge in [-0.1, -0.05) is 15.9 Å². The molecule has 1 atom stereocenters. The van der Waals surface area contributed by atoms with E-state index in [9.17, 15) is 0 Å². The van der Waals surface area contributed by atoms with E-state index in [-0.39, 0.29) is 0 Å². The summed E-state index contributed by atoms with van der Waals surface area (Å²) < 4.78 is 6.46.